The number of hydrogen-bond donors (Lipinski definition) is 1. The molecule has 152 valence electrons. The van der Waals surface area contributed by atoms with Crippen molar-refractivity contribution in [3.63, 3.8) is 0 Å². The van der Waals surface area contributed by atoms with E-state index in [1.54, 1.807) is 19.1 Å². The second-order valence-electron chi connectivity index (χ2n) is 7.29. The molecule has 1 fully saturated rings. The number of carbonyl (C=O) groups is 1. The van der Waals surface area contributed by atoms with Gasteiger partial charge in [0.2, 0.25) is 0 Å². The third kappa shape index (κ3) is 3.85. The lowest BCUT2D eigenvalue weighted by Gasteiger charge is -2.34. The van der Waals surface area contributed by atoms with Crippen LogP contribution in [0.4, 0.5) is 4.39 Å². The smallest absolute Gasteiger partial charge is 0.342 e. The van der Waals surface area contributed by atoms with Crippen LogP contribution in [-0.2, 0) is 11.2 Å². The second-order valence-corrected chi connectivity index (χ2v) is 7.29. The van der Waals surface area contributed by atoms with E-state index >= 15 is 0 Å². The summed E-state index contributed by atoms with van der Waals surface area (Å²) in [7, 11) is 0. The molecule has 1 aromatic heterocycles. The Morgan fingerprint density at radius 2 is 2.00 bits per heavy atom. The van der Waals surface area contributed by atoms with Crippen molar-refractivity contribution < 1.29 is 23.4 Å². The van der Waals surface area contributed by atoms with Gasteiger partial charge in [0.05, 0.1) is 6.61 Å². The molecule has 0 bridgehead atoms. The Morgan fingerprint density at radius 1 is 1.24 bits per heavy atom. The van der Waals surface area contributed by atoms with Crippen molar-refractivity contribution in [1.82, 2.24) is 4.90 Å². The number of furan rings is 1. The van der Waals surface area contributed by atoms with Gasteiger partial charge < -0.3 is 14.3 Å². The van der Waals surface area contributed by atoms with Crippen LogP contribution >= 0.6 is 0 Å². The summed E-state index contributed by atoms with van der Waals surface area (Å²) in [4.78, 5) is 14.9. The predicted molar refractivity (Wildman–Crippen MR) is 109 cm³/mol. The molecule has 0 saturated carbocycles. The number of alkyl halides is 1. The van der Waals surface area contributed by atoms with Crippen LogP contribution in [-0.4, -0.2) is 48.4 Å². The van der Waals surface area contributed by atoms with Crippen LogP contribution in [0.5, 0.6) is 5.75 Å². The molecular formula is C23H24FNO4. The molecule has 2 heterocycles. The van der Waals surface area contributed by atoms with Gasteiger partial charge in [0.15, 0.2) is 0 Å². The molecule has 5 nitrogen and oxygen atoms in total. The fourth-order valence-corrected chi connectivity index (χ4v) is 3.86. The van der Waals surface area contributed by atoms with E-state index in [0.717, 1.165) is 18.5 Å². The molecule has 1 N–H and O–H groups in total. The van der Waals surface area contributed by atoms with E-state index in [1.807, 2.05) is 35.2 Å². The summed E-state index contributed by atoms with van der Waals surface area (Å²) < 4.78 is 24.4. The number of aryl methyl sites for hydroxylation is 1. The summed E-state index contributed by atoms with van der Waals surface area (Å²) in [5.41, 5.74) is 2.31. The van der Waals surface area contributed by atoms with Gasteiger partial charge in [-0.05, 0) is 38.4 Å². The van der Waals surface area contributed by atoms with Crippen LogP contribution < -0.4 is 0 Å². The van der Waals surface area contributed by atoms with E-state index in [9.17, 15) is 14.3 Å². The normalized spacial score (nSPS) is 14.8. The number of phenolic OH excluding ortho intramolecular Hbond substituents is 1. The van der Waals surface area contributed by atoms with Gasteiger partial charge in [0.25, 0.3) is 0 Å². The maximum absolute atomic E-state index is 13.0. The van der Waals surface area contributed by atoms with Crippen molar-refractivity contribution in [2.24, 2.45) is 0 Å². The van der Waals surface area contributed by atoms with E-state index in [2.05, 4.69) is 0 Å². The molecule has 3 aromatic rings. The summed E-state index contributed by atoms with van der Waals surface area (Å²) >= 11 is 0. The maximum Gasteiger partial charge on any atom is 0.342 e. The number of benzene rings is 2. The van der Waals surface area contributed by atoms with Gasteiger partial charge in [-0.1, -0.05) is 30.3 Å². The first-order valence-electron chi connectivity index (χ1n) is 9.94. The summed E-state index contributed by atoms with van der Waals surface area (Å²) in [6.07, 6.45) is 0.564. The average molecular weight is 397 g/mol. The van der Waals surface area contributed by atoms with E-state index in [4.69, 9.17) is 9.15 Å². The summed E-state index contributed by atoms with van der Waals surface area (Å²) in [5, 5.41) is 11.1. The molecule has 0 radical (unpaired) electrons. The number of fused-ring (bicyclic) bond motifs is 1. The fraction of sp³-hybridized carbons (Fsp3) is 0.348. The number of likely N-dealkylation sites (tertiary alicyclic amines) is 1. The summed E-state index contributed by atoms with van der Waals surface area (Å²) in [6, 6.07) is 12.7. The van der Waals surface area contributed by atoms with Crippen molar-refractivity contribution in [2.75, 3.05) is 26.2 Å². The SMILES string of the molecule is CCOC(=O)c1c(-c2ccccc2)oc2ccc(O)c(CCCN3CC(F)C3)c12. The molecule has 2 aromatic carbocycles. The fourth-order valence-electron chi connectivity index (χ4n) is 3.86. The van der Waals surface area contributed by atoms with Crippen LogP contribution in [0, 0.1) is 0 Å². The molecule has 4 rings (SSSR count). The van der Waals surface area contributed by atoms with Gasteiger partial charge in [-0.2, -0.15) is 0 Å². The highest BCUT2D eigenvalue weighted by molar-refractivity contribution is 6.10. The highest BCUT2D eigenvalue weighted by atomic mass is 19.1. The highest BCUT2D eigenvalue weighted by Gasteiger charge is 2.28. The molecule has 29 heavy (non-hydrogen) atoms. The lowest BCUT2D eigenvalue weighted by molar-refractivity contribution is 0.0528. The summed E-state index contributed by atoms with van der Waals surface area (Å²) in [5.74, 6) is 0.0873. The molecule has 1 aliphatic heterocycles. The number of esters is 1. The third-order valence-electron chi connectivity index (χ3n) is 5.27. The van der Waals surface area contributed by atoms with E-state index in [0.29, 0.717) is 47.4 Å². The molecular weight excluding hydrogens is 373 g/mol. The van der Waals surface area contributed by atoms with Gasteiger partial charge in [0.1, 0.15) is 28.8 Å². The number of phenols is 1. The number of ether oxygens (including phenoxy) is 1. The molecule has 0 spiro atoms. The van der Waals surface area contributed by atoms with Gasteiger partial charge in [-0.3, -0.25) is 4.90 Å². The molecule has 1 saturated heterocycles. The minimum Gasteiger partial charge on any atom is -0.508 e. The zero-order valence-electron chi connectivity index (χ0n) is 16.4. The number of carbonyl (C=O) groups excluding carboxylic acids is 1. The monoisotopic (exact) mass is 397 g/mol. The van der Waals surface area contributed by atoms with Crippen molar-refractivity contribution >= 4 is 16.9 Å². The van der Waals surface area contributed by atoms with Crippen LogP contribution in [0.25, 0.3) is 22.3 Å². The van der Waals surface area contributed by atoms with Crippen molar-refractivity contribution in [3.8, 4) is 17.1 Å². The van der Waals surface area contributed by atoms with Gasteiger partial charge >= 0.3 is 5.97 Å². The Hall–Kier alpha value is -2.86. The maximum atomic E-state index is 13.0. The Labute approximate surface area is 168 Å². The van der Waals surface area contributed by atoms with Crippen molar-refractivity contribution in [3.05, 3.63) is 53.6 Å². The predicted octanol–water partition coefficient (Wildman–Crippen LogP) is 4.57. The number of nitrogens with zero attached hydrogens (tertiary/aromatic N) is 1. The largest absolute Gasteiger partial charge is 0.508 e. The minimum absolute atomic E-state index is 0.121. The first-order valence-corrected chi connectivity index (χ1v) is 9.94. The lowest BCUT2D eigenvalue weighted by Crippen LogP contribution is -2.48. The minimum atomic E-state index is -0.732. The quantitative estimate of drug-likeness (QED) is 0.592. The average Bonchev–Trinajstić information content (AvgIpc) is 3.09. The van der Waals surface area contributed by atoms with Crippen molar-refractivity contribution in [2.45, 2.75) is 25.9 Å². The van der Waals surface area contributed by atoms with Crippen LogP contribution in [0.2, 0.25) is 0 Å². The summed E-state index contributed by atoms with van der Waals surface area (Å²) in [6.45, 7) is 3.68. The zero-order chi connectivity index (χ0) is 20.4. The lowest BCUT2D eigenvalue weighted by atomic mass is 9.98. The molecule has 0 aliphatic carbocycles. The third-order valence-corrected chi connectivity index (χ3v) is 5.27. The number of aromatic hydroxyl groups is 1. The van der Waals surface area contributed by atoms with E-state index in [1.165, 1.54) is 0 Å². The standard InChI is InChI=1S/C23H24FNO4/c1-2-28-23(27)21-20-17(9-6-12-25-13-16(24)14-25)18(26)10-11-19(20)29-22(21)15-7-4-3-5-8-15/h3-5,7-8,10-11,16,26H,2,6,9,12-14H2,1H3. The number of hydrogen-bond acceptors (Lipinski definition) is 5. The zero-order valence-corrected chi connectivity index (χ0v) is 16.4. The van der Waals surface area contributed by atoms with E-state index < -0.39 is 12.1 Å². The topological polar surface area (TPSA) is 62.9 Å². The van der Waals surface area contributed by atoms with Crippen LogP contribution in [0.1, 0.15) is 29.3 Å². The first kappa shape index (κ1) is 19.5. The van der Waals surface area contributed by atoms with Crippen LogP contribution in [0.3, 0.4) is 0 Å². The Balaban J connectivity index is 1.75. The molecule has 0 atom stereocenters. The number of halogens is 1. The highest BCUT2D eigenvalue weighted by Crippen LogP contribution is 2.39. The van der Waals surface area contributed by atoms with Gasteiger partial charge in [0, 0.05) is 29.6 Å². The van der Waals surface area contributed by atoms with Crippen LogP contribution in [0.15, 0.2) is 46.9 Å². The molecule has 6 heteroatoms. The van der Waals surface area contributed by atoms with Gasteiger partial charge in [-0.15, -0.1) is 0 Å². The van der Waals surface area contributed by atoms with E-state index in [-0.39, 0.29) is 12.4 Å². The Kier molecular flexibility index (Phi) is 5.53. The second kappa shape index (κ2) is 8.25. The van der Waals surface area contributed by atoms with Crippen molar-refractivity contribution in [1.29, 1.82) is 0 Å². The number of rotatable bonds is 7. The molecule has 0 unspecified atom stereocenters. The molecule has 1 aliphatic rings. The van der Waals surface area contributed by atoms with Gasteiger partial charge in [-0.25, -0.2) is 9.18 Å². The Bertz CT molecular complexity index is 1010. The Morgan fingerprint density at radius 3 is 2.69 bits per heavy atom. The molecule has 0 amide bonds. The first-order chi connectivity index (χ1) is 14.1.